The number of thiazole rings is 1. The van der Waals surface area contributed by atoms with Crippen LogP contribution in [0.4, 0.5) is 13.2 Å². The SMILES string of the molecule is COc1cc(SCc2sc(-c3ccc(C(F)(F)F)cc3)nc2C)c(C)cc1OCC(=O)O. The van der Waals surface area contributed by atoms with Crippen LogP contribution in [-0.2, 0) is 16.7 Å². The van der Waals surface area contributed by atoms with E-state index < -0.39 is 24.3 Å². The average Bonchev–Trinajstić information content (AvgIpc) is 3.11. The monoisotopic (exact) mass is 483 g/mol. The molecule has 1 aromatic heterocycles. The Kier molecular flexibility index (Phi) is 7.35. The van der Waals surface area contributed by atoms with Gasteiger partial charge in [-0.2, -0.15) is 13.2 Å². The highest BCUT2D eigenvalue weighted by atomic mass is 32.2. The van der Waals surface area contributed by atoms with Gasteiger partial charge in [-0.3, -0.25) is 0 Å². The van der Waals surface area contributed by atoms with E-state index in [0.29, 0.717) is 27.8 Å². The summed E-state index contributed by atoms with van der Waals surface area (Å²) in [4.78, 5) is 17.2. The predicted octanol–water partition coefficient (Wildman–Crippen LogP) is 6.21. The highest BCUT2D eigenvalue weighted by molar-refractivity contribution is 7.98. The minimum Gasteiger partial charge on any atom is -0.493 e. The number of ether oxygens (including phenoxy) is 2. The van der Waals surface area contributed by atoms with Gasteiger partial charge in [-0.25, -0.2) is 9.78 Å². The van der Waals surface area contributed by atoms with Gasteiger partial charge in [0.1, 0.15) is 5.01 Å². The molecule has 32 heavy (non-hydrogen) atoms. The highest BCUT2D eigenvalue weighted by Crippen LogP contribution is 2.39. The lowest BCUT2D eigenvalue weighted by molar-refractivity contribution is -0.139. The maximum Gasteiger partial charge on any atom is 0.416 e. The fourth-order valence-electron chi connectivity index (χ4n) is 2.84. The lowest BCUT2D eigenvalue weighted by Crippen LogP contribution is -2.10. The molecule has 0 fully saturated rings. The third-order valence-electron chi connectivity index (χ3n) is 4.52. The average molecular weight is 484 g/mol. The molecule has 2 aromatic carbocycles. The van der Waals surface area contributed by atoms with Crippen molar-refractivity contribution in [1.82, 2.24) is 4.98 Å². The van der Waals surface area contributed by atoms with Crippen molar-refractivity contribution in [3.63, 3.8) is 0 Å². The van der Waals surface area contributed by atoms with Crippen molar-refractivity contribution in [3.8, 4) is 22.1 Å². The van der Waals surface area contributed by atoms with Crippen molar-refractivity contribution in [2.75, 3.05) is 13.7 Å². The summed E-state index contributed by atoms with van der Waals surface area (Å²) < 4.78 is 48.9. The van der Waals surface area contributed by atoms with E-state index >= 15 is 0 Å². The molecule has 0 aliphatic rings. The smallest absolute Gasteiger partial charge is 0.416 e. The molecule has 0 spiro atoms. The summed E-state index contributed by atoms with van der Waals surface area (Å²) in [6, 6.07) is 8.52. The summed E-state index contributed by atoms with van der Waals surface area (Å²) in [7, 11) is 1.48. The Hall–Kier alpha value is -2.72. The number of thioether (sulfide) groups is 1. The standard InChI is InChI=1S/C22H20F3NO4S2/c1-12-8-17(30-10-20(27)28)16(29-3)9-18(12)31-11-19-13(2)26-21(32-19)14-4-6-15(7-5-14)22(23,24)25/h4-9H,10-11H2,1-3H3,(H,27,28). The molecule has 10 heteroatoms. The van der Waals surface area contributed by atoms with Gasteiger partial charge < -0.3 is 14.6 Å². The van der Waals surface area contributed by atoms with Crippen LogP contribution in [0, 0.1) is 13.8 Å². The number of benzene rings is 2. The van der Waals surface area contributed by atoms with E-state index in [9.17, 15) is 18.0 Å². The molecular weight excluding hydrogens is 463 g/mol. The van der Waals surface area contributed by atoms with E-state index in [1.165, 1.54) is 30.6 Å². The number of carboxylic acid groups (broad SMARTS) is 1. The molecule has 0 amide bonds. The molecule has 0 radical (unpaired) electrons. The number of rotatable bonds is 8. The first-order valence-corrected chi connectivity index (χ1v) is 11.2. The number of nitrogens with zero attached hydrogens (tertiary/aromatic N) is 1. The summed E-state index contributed by atoms with van der Waals surface area (Å²) in [5, 5.41) is 9.47. The zero-order valence-corrected chi connectivity index (χ0v) is 19.1. The molecule has 3 rings (SSSR count). The zero-order valence-electron chi connectivity index (χ0n) is 17.4. The van der Waals surface area contributed by atoms with Crippen molar-refractivity contribution < 1.29 is 32.5 Å². The van der Waals surface area contributed by atoms with Crippen LogP contribution in [0.2, 0.25) is 0 Å². The summed E-state index contributed by atoms with van der Waals surface area (Å²) in [5.74, 6) is 0.331. The fourth-order valence-corrected chi connectivity index (χ4v) is 5.09. The van der Waals surface area contributed by atoms with Crippen LogP contribution in [-0.4, -0.2) is 29.8 Å². The lowest BCUT2D eigenvalue weighted by Gasteiger charge is -2.13. The topological polar surface area (TPSA) is 68.7 Å². The third kappa shape index (κ3) is 5.74. The normalized spacial score (nSPS) is 11.4. The van der Waals surface area contributed by atoms with Crippen molar-refractivity contribution >= 4 is 29.1 Å². The van der Waals surface area contributed by atoms with E-state index in [2.05, 4.69) is 4.98 Å². The molecule has 5 nitrogen and oxygen atoms in total. The molecule has 0 aliphatic heterocycles. The summed E-state index contributed by atoms with van der Waals surface area (Å²) in [5.41, 5.74) is 1.68. The second-order valence-electron chi connectivity index (χ2n) is 6.84. The van der Waals surface area contributed by atoms with E-state index in [1.54, 1.807) is 23.9 Å². The molecule has 1 heterocycles. The van der Waals surface area contributed by atoms with E-state index in [4.69, 9.17) is 14.6 Å². The number of halogens is 3. The molecule has 0 atom stereocenters. The van der Waals surface area contributed by atoms with Gasteiger partial charge in [-0.15, -0.1) is 23.1 Å². The van der Waals surface area contributed by atoms with E-state index in [0.717, 1.165) is 33.2 Å². The molecule has 0 unspecified atom stereocenters. The van der Waals surface area contributed by atoms with Crippen LogP contribution < -0.4 is 9.47 Å². The minimum atomic E-state index is -4.37. The predicted molar refractivity (Wildman–Crippen MR) is 118 cm³/mol. The van der Waals surface area contributed by atoms with Crippen molar-refractivity contribution in [3.05, 3.63) is 58.1 Å². The van der Waals surface area contributed by atoms with Crippen LogP contribution in [0.15, 0.2) is 41.3 Å². The number of hydrogen-bond acceptors (Lipinski definition) is 6. The molecule has 0 saturated heterocycles. The quantitative estimate of drug-likeness (QED) is 0.384. The van der Waals surface area contributed by atoms with E-state index in [-0.39, 0.29) is 0 Å². The number of alkyl halides is 3. The summed E-state index contributed by atoms with van der Waals surface area (Å²) in [6.07, 6.45) is -4.37. The largest absolute Gasteiger partial charge is 0.493 e. The number of carboxylic acids is 1. The molecule has 0 saturated carbocycles. The van der Waals surface area contributed by atoms with Crippen LogP contribution in [0.5, 0.6) is 11.5 Å². The Labute approximate surface area is 191 Å². The second kappa shape index (κ2) is 9.83. The number of aromatic nitrogens is 1. The number of aliphatic carboxylic acids is 1. The Balaban J connectivity index is 1.75. The number of methoxy groups -OCH3 is 1. The van der Waals surface area contributed by atoms with Crippen LogP contribution in [0.1, 0.15) is 21.7 Å². The summed E-state index contributed by atoms with van der Waals surface area (Å²) in [6.45, 7) is 3.30. The highest BCUT2D eigenvalue weighted by Gasteiger charge is 2.30. The van der Waals surface area contributed by atoms with Gasteiger partial charge in [0.2, 0.25) is 0 Å². The first kappa shape index (κ1) is 23.9. The van der Waals surface area contributed by atoms with Crippen molar-refractivity contribution in [2.45, 2.75) is 30.7 Å². The van der Waals surface area contributed by atoms with Crippen LogP contribution in [0.3, 0.4) is 0 Å². The van der Waals surface area contributed by atoms with Gasteiger partial charge in [0.05, 0.1) is 18.4 Å². The van der Waals surface area contributed by atoms with Gasteiger partial charge >= 0.3 is 12.1 Å². The Morgan fingerprint density at radius 2 is 1.84 bits per heavy atom. The Morgan fingerprint density at radius 1 is 1.16 bits per heavy atom. The molecule has 170 valence electrons. The number of aryl methyl sites for hydroxylation is 2. The molecule has 3 aromatic rings. The fraction of sp³-hybridized carbons (Fsp3) is 0.273. The van der Waals surface area contributed by atoms with Gasteiger partial charge in [0.25, 0.3) is 0 Å². The van der Waals surface area contributed by atoms with Gasteiger partial charge in [-0.05, 0) is 43.7 Å². The number of carbonyl (C=O) groups is 1. The molecule has 0 bridgehead atoms. The maximum absolute atomic E-state index is 12.8. The summed E-state index contributed by atoms with van der Waals surface area (Å²) >= 11 is 3.00. The third-order valence-corrected chi connectivity index (χ3v) is 7.10. The van der Waals surface area contributed by atoms with Crippen molar-refractivity contribution in [2.24, 2.45) is 0 Å². The van der Waals surface area contributed by atoms with Crippen molar-refractivity contribution in [1.29, 1.82) is 0 Å². The van der Waals surface area contributed by atoms with E-state index in [1.807, 2.05) is 13.8 Å². The van der Waals surface area contributed by atoms with Crippen LogP contribution >= 0.6 is 23.1 Å². The van der Waals surface area contributed by atoms with Crippen LogP contribution in [0.25, 0.3) is 10.6 Å². The first-order valence-electron chi connectivity index (χ1n) is 9.38. The molecule has 0 aliphatic carbocycles. The zero-order chi connectivity index (χ0) is 23.5. The second-order valence-corrected chi connectivity index (χ2v) is 8.94. The van der Waals surface area contributed by atoms with Gasteiger partial charge in [0.15, 0.2) is 18.1 Å². The maximum atomic E-state index is 12.8. The lowest BCUT2D eigenvalue weighted by atomic mass is 10.1. The molecular formula is C22H20F3NO4S2. The van der Waals surface area contributed by atoms with Gasteiger partial charge in [0, 0.05) is 21.1 Å². The molecule has 1 N–H and O–H groups in total. The first-order chi connectivity index (χ1) is 15.1. The minimum absolute atomic E-state index is 0.357. The van der Waals surface area contributed by atoms with Gasteiger partial charge in [-0.1, -0.05) is 12.1 Å². The number of hydrogen-bond donors (Lipinski definition) is 1. The Bertz CT molecular complexity index is 1110. The Morgan fingerprint density at radius 3 is 2.44 bits per heavy atom.